The van der Waals surface area contributed by atoms with E-state index in [0.717, 1.165) is 12.1 Å². The van der Waals surface area contributed by atoms with Crippen molar-refractivity contribution in [1.29, 1.82) is 0 Å². The van der Waals surface area contributed by atoms with Crippen molar-refractivity contribution in [2.24, 2.45) is 0 Å². The molecule has 1 saturated carbocycles. The third-order valence-corrected chi connectivity index (χ3v) is 4.13. The predicted octanol–water partition coefficient (Wildman–Crippen LogP) is 1.95. The molecule has 1 aromatic rings. The van der Waals surface area contributed by atoms with E-state index >= 15 is 0 Å². The van der Waals surface area contributed by atoms with E-state index in [9.17, 15) is 8.42 Å². The van der Waals surface area contributed by atoms with Gasteiger partial charge in [0.1, 0.15) is 0 Å². The molecule has 0 spiro atoms. The third kappa shape index (κ3) is 3.44. The summed E-state index contributed by atoms with van der Waals surface area (Å²) in [5.41, 5.74) is 0.988. The molecule has 0 heterocycles. The molecule has 4 nitrogen and oxygen atoms in total. The van der Waals surface area contributed by atoms with Crippen molar-refractivity contribution >= 4 is 15.7 Å². The van der Waals surface area contributed by atoms with Gasteiger partial charge in [0, 0.05) is 18.3 Å². The molecule has 0 bridgehead atoms. The molecule has 17 heavy (non-hydrogen) atoms. The smallest absolute Gasteiger partial charge is 0.240 e. The first-order chi connectivity index (χ1) is 8.12. The van der Waals surface area contributed by atoms with Crippen molar-refractivity contribution in [3.8, 4) is 0 Å². The average molecular weight is 254 g/mol. The number of anilines is 1. The van der Waals surface area contributed by atoms with Gasteiger partial charge in [-0.25, -0.2) is 13.1 Å². The molecule has 0 amide bonds. The summed E-state index contributed by atoms with van der Waals surface area (Å²) in [6.45, 7) is 2.41. The monoisotopic (exact) mass is 254 g/mol. The van der Waals surface area contributed by atoms with Crippen LogP contribution >= 0.6 is 0 Å². The van der Waals surface area contributed by atoms with Crippen LogP contribution in [0.3, 0.4) is 0 Å². The number of hydrogen-bond donors (Lipinski definition) is 2. The highest BCUT2D eigenvalue weighted by atomic mass is 32.2. The number of nitrogens with one attached hydrogen (secondary N) is 2. The van der Waals surface area contributed by atoms with Gasteiger partial charge >= 0.3 is 0 Å². The molecule has 0 unspecified atom stereocenters. The molecule has 1 aliphatic rings. The average Bonchev–Trinajstić information content (AvgIpc) is 3.11. The summed E-state index contributed by atoms with van der Waals surface area (Å²) in [5, 5.41) is 3.32. The lowest BCUT2D eigenvalue weighted by atomic mass is 10.3. The van der Waals surface area contributed by atoms with Crippen LogP contribution in [-0.2, 0) is 10.0 Å². The highest BCUT2D eigenvalue weighted by molar-refractivity contribution is 7.89. The van der Waals surface area contributed by atoms with Gasteiger partial charge in [0.15, 0.2) is 0 Å². The third-order valence-electron chi connectivity index (χ3n) is 2.65. The molecule has 0 atom stereocenters. The Morgan fingerprint density at radius 1 is 1.24 bits per heavy atom. The summed E-state index contributed by atoms with van der Waals surface area (Å²) in [4.78, 5) is 0.326. The maximum atomic E-state index is 11.8. The van der Waals surface area contributed by atoms with E-state index in [1.165, 1.54) is 12.8 Å². The summed E-state index contributed by atoms with van der Waals surface area (Å²) >= 11 is 0. The van der Waals surface area contributed by atoms with E-state index in [2.05, 4.69) is 10.0 Å². The van der Waals surface area contributed by atoms with Gasteiger partial charge in [-0.3, -0.25) is 0 Å². The molecule has 1 aliphatic carbocycles. The molecule has 0 aromatic heterocycles. The van der Waals surface area contributed by atoms with Crippen LogP contribution in [0, 0.1) is 0 Å². The molecular formula is C12H18N2O2S. The van der Waals surface area contributed by atoms with Crippen LogP contribution < -0.4 is 10.0 Å². The SMILES string of the molecule is CCCNS(=O)(=O)c1ccc(NC2CC2)cc1. The predicted molar refractivity (Wildman–Crippen MR) is 68.6 cm³/mol. The largest absolute Gasteiger partial charge is 0.382 e. The zero-order valence-corrected chi connectivity index (χ0v) is 10.8. The fraction of sp³-hybridized carbons (Fsp3) is 0.500. The van der Waals surface area contributed by atoms with Gasteiger partial charge in [0.2, 0.25) is 10.0 Å². The van der Waals surface area contributed by atoms with Crippen LogP contribution in [0.1, 0.15) is 26.2 Å². The zero-order valence-electron chi connectivity index (χ0n) is 9.94. The lowest BCUT2D eigenvalue weighted by Gasteiger charge is -2.07. The van der Waals surface area contributed by atoms with Crippen LogP contribution in [0.5, 0.6) is 0 Å². The Labute approximate surface area is 102 Å². The fourth-order valence-electron chi connectivity index (χ4n) is 1.51. The summed E-state index contributed by atoms with van der Waals surface area (Å²) in [7, 11) is -3.33. The van der Waals surface area contributed by atoms with Crippen molar-refractivity contribution in [2.75, 3.05) is 11.9 Å². The van der Waals surface area contributed by atoms with E-state index in [1.54, 1.807) is 12.1 Å². The second kappa shape index (κ2) is 5.06. The molecular weight excluding hydrogens is 236 g/mol. The molecule has 94 valence electrons. The molecule has 2 rings (SSSR count). The van der Waals surface area contributed by atoms with Crippen LogP contribution in [0.25, 0.3) is 0 Å². The Balaban J connectivity index is 2.05. The van der Waals surface area contributed by atoms with E-state index in [-0.39, 0.29) is 0 Å². The summed E-state index contributed by atoms with van der Waals surface area (Å²) in [5.74, 6) is 0. The van der Waals surface area contributed by atoms with Crippen molar-refractivity contribution in [1.82, 2.24) is 4.72 Å². The molecule has 1 aromatic carbocycles. The Hall–Kier alpha value is -1.07. The minimum atomic E-state index is -3.33. The van der Waals surface area contributed by atoms with Crippen molar-refractivity contribution < 1.29 is 8.42 Å². The first-order valence-electron chi connectivity index (χ1n) is 5.98. The van der Waals surface area contributed by atoms with E-state index < -0.39 is 10.0 Å². The first kappa shape index (κ1) is 12.4. The van der Waals surface area contributed by atoms with Gasteiger partial charge in [0.05, 0.1) is 4.90 Å². The van der Waals surface area contributed by atoms with Crippen molar-refractivity contribution in [2.45, 2.75) is 37.1 Å². The molecule has 0 radical (unpaired) electrons. The summed E-state index contributed by atoms with van der Waals surface area (Å²) in [6.07, 6.45) is 3.21. The lowest BCUT2D eigenvalue weighted by Crippen LogP contribution is -2.24. The van der Waals surface area contributed by atoms with Gasteiger partial charge in [-0.15, -0.1) is 0 Å². The maximum Gasteiger partial charge on any atom is 0.240 e. The second-order valence-corrected chi connectivity index (χ2v) is 6.11. The Morgan fingerprint density at radius 3 is 2.41 bits per heavy atom. The maximum absolute atomic E-state index is 11.8. The van der Waals surface area contributed by atoms with Crippen LogP contribution in [0.15, 0.2) is 29.2 Å². The normalized spacial score (nSPS) is 15.8. The minimum absolute atomic E-state index is 0.326. The number of benzene rings is 1. The van der Waals surface area contributed by atoms with Crippen LogP contribution in [0.2, 0.25) is 0 Å². The molecule has 0 aliphatic heterocycles. The quantitative estimate of drug-likeness (QED) is 0.815. The van der Waals surface area contributed by atoms with E-state index in [4.69, 9.17) is 0 Å². The van der Waals surface area contributed by atoms with Gasteiger partial charge < -0.3 is 5.32 Å². The number of hydrogen-bond acceptors (Lipinski definition) is 3. The Morgan fingerprint density at radius 2 is 1.88 bits per heavy atom. The Bertz CT molecular complexity index is 464. The van der Waals surface area contributed by atoms with E-state index in [1.807, 2.05) is 19.1 Å². The first-order valence-corrected chi connectivity index (χ1v) is 7.46. The highest BCUT2D eigenvalue weighted by Gasteiger charge is 2.21. The fourth-order valence-corrected chi connectivity index (χ4v) is 2.65. The van der Waals surface area contributed by atoms with Gasteiger partial charge in [-0.05, 0) is 43.5 Å². The molecule has 0 saturated heterocycles. The number of rotatable bonds is 6. The molecule has 2 N–H and O–H groups in total. The summed E-state index contributed by atoms with van der Waals surface area (Å²) in [6, 6.07) is 7.50. The zero-order chi connectivity index (χ0) is 12.3. The lowest BCUT2D eigenvalue weighted by molar-refractivity contribution is 0.581. The van der Waals surface area contributed by atoms with Crippen molar-refractivity contribution in [3.63, 3.8) is 0 Å². The standard InChI is InChI=1S/C12H18N2O2S/c1-2-9-13-17(15,16)12-7-5-11(6-8-12)14-10-3-4-10/h5-8,10,13-14H,2-4,9H2,1H3. The topological polar surface area (TPSA) is 58.2 Å². The number of sulfonamides is 1. The van der Waals surface area contributed by atoms with Gasteiger partial charge in [-0.1, -0.05) is 6.92 Å². The highest BCUT2D eigenvalue weighted by Crippen LogP contribution is 2.25. The van der Waals surface area contributed by atoms with Gasteiger partial charge in [-0.2, -0.15) is 0 Å². The van der Waals surface area contributed by atoms with Crippen LogP contribution in [0.4, 0.5) is 5.69 Å². The Kier molecular flexibility index (Phi) is 3.69. The molecule has 5 heteroatoms. The minimum Gasteiger partial charge on any atom is -0.382 e. The van der Waals surface area contributed by atoms with Crippen LogP contribution in [-0.4, -0.2) is 21.0 Å². The van der Waals surface area contributed by atoms with Gasteiger partial charge in [0.25, 0.3) is 0 Å². The molecule has 1 fully saturated rings. The van der Waals surface area contributed by atoms with E-state index in [0.29, 0.717) is 17.5 Å². The summed E-state index contributed by atoms with van der Waals surface area (Å²) < 4.78 is 26.2. The van der Waals surface area contributed by atoms with Crippen molar-refractivity contribution in [3.05, 3.63) is 24.3 Å². The second-order valence-electron chi connectivity index (χ2n) is 4.34.